The molecule has 2 aliphatic rings. The van der Waals surface area contributed by atoms with Crippen LogP contribution in [0.5, 0.6) is 0 Å². The molecule has 2 aliphatic heterocycles. The highest BCUT2D eigenvalue weighted by molar-refractivity contribution is 5.98. The van der Waals surface area contributed by atoms with E-state index in [-0.39, 0.29) is 5.91 Å². The number of hydrogen-bond donors (Lipinski definition) is 0. The second-order valence-corrected chi connectivity index (χ2v) is 7.35. The fourth-order valence-electron chi connectivity index (χ4n) is 4.02. The number of rotatable bonds is 2. The maximum Gasteiger partial charge on any atom is 0.254 e. The van der Waals surface area contributed by atoms with Crippen LogP contribution in [0.15, 0.2) is 46.9 Å². The third kappa shape index (κ3) is 3.12. The molecule has 3 aromatic rings. The van der Waals surface area contributed by atoms with Crippen molar-refractivity contribution in [2.45, 2.75) is 31.7 Å². The molecule has 2 aromatic carbocycles. The van der Waals surface area contributed by atoms with Crippen LogP contribution in [0.1, 0.15) is 46.5 Å². The average Bonchev–Trinajstić information content (AvgIpc) is 3.17. The van der Waals surface area contributed by atoms with Crippen molar-refractivity contribution < 1.29 is 13.9 Å². The fraction of sp³-hybridized carbons (Fsp3) is 0.364. The van der Waals surface area contributed by atoms with E-state index in [1.807, 2.05) is 41.3 Å². The predicted molar refractivity (Wildman–Crippen MR) is 102 cm³/mol. The summed E-state index contributed by atoms with van der Waals surface area (Å²) in [6.45, 7) is 2.73. The van der Waals surface area contributed by atoms with Gasteiger partial charge in [0.15, 0.2) is 5.89 Å². The predicted octanol–water partition coefficient (Wildman–Crippen LogP) is 3.92. The molecule has 1 fully saturated rings. The van der Waals surface area contributed by atoms with Crippen LogP contribution in [0.4, 0.5) is 0 Å². The minimum Gasteiger partial charge on any atom is -0.445 e. The molecule has 1 aromatic heterocycles. The van der Waals surface area contributed by atoms with Gasteiger partial charge in [0.25, 0.3) is 5.91 Å². The van der Waals surface area contributed by atoms with E-state index in [9.17, 15) is 4.79 Å². The molecule has 0 saturated carbocycles. The number of oxazole rings is 1. The van der Waals surface area contributed by atoms with Crippen molar-refractivity contribution in [1.29, 1.82) is 0 Å². The second-order valence-electron chi connectivity index (χ2n) is 7.35. The Balaban J connectivity index is 1.36. The Morgan fingerprint density at radius 1 is 1.07 bits per heavy atom. The minimum atomic E-state index is 0.0574. The molecule has 5 rings (SSSR count). The Bertz CT molecular complexity index is 988. The zero-order valence-corrected chi connectivity index (χ0v) is 15.2. The Morgan fingerprint density at radius 2 is 1.89 bits per heavy atom. The maximum atomic E-state index is 13.0. The van der Waals surface area contributed by atoms with Crippen molar-refractivity contribution in [2.24, 2.45) is 0 Å². The van der Waals surface area contributed by atoms with E-state index >= 15 is 0 Å². The molecular weight excluding hydrogens is 340 g/mol. The quantitative estimate of drug-likeness (QED) is 0.693. The topological polar surface area (TPSA) is 55.6 Å². The van der Waals surface area contributed by atoms with E-state index in [0.29, 0.717) is 19.0 Å². The lowest BCUT2D eigenvalue weighted by molar-refractivity contribution is 0.0726. The van der Waals surface area contributed by atoms with Crippen molar-refractivity contribution >= 4 is 16.7 Å². The first-order valence-electron chi connectivity index (χ1n) is 9.62. The standard InChI is InChI=1S/C22H22N2O3/c25-22(18-6-5-15-3-1-2-4-17(15)13-18)24-10-7-20-19(14-24)23-21(27-20)16-8-11-26-12-9-16/h1-6,13,16H,7-12,14H2. The number of aromatic nitrogens is 1. The molecule has 5 nitrogen and oxygen atoms in total. The monoisotopic (exact) mass is 362 g/mol. The van der Waals surface area contributed by atoms with Gasteiger partial charge in [-0.1, -0.05) is 30.3 Å². The van der Waals surface area contributed by atoms with Gasteiger partial charge in [-0.3, -0.25) is 4.79 Å². The van der Waals surface area contributed by atoms with Crippen molar-refractivity contribution in [2.75, 3.05) is 19.8 Å². The van der Waals surface area contributed by atoms with Crippen molar-refractivity contribution in [3.05, 3.63) is 65.4 Å². The molecule has 1 amide bonds. The summed E-state index contributed by atoms with van der Waals surface area (Å²) in [6.07, 6.45) is 2.64. The van der Waals surface area contributed by atoms with Crippen molar-refractivity contribution in [3.63, 3.8) is 0 Å². The number of fused-ring (bicyclic) bond motifs is 2. The molecule has 0 spiro atoms. The summed E-state index contributed by atoms with van der Waals surface area (Å²) < 4.78 is 11.5. The molecule has 0 radical (unpaired) electrons. The Labute approximate surface area is 157 Å². The molecule has 5 heteroatoms. The van der Waals surface area contributed by atoms with Crippen LogP contribution in [0.2, 0.25) is 0 Å². The van der Waals surface area contributed by atoms with Gasteiger partial charge in [0, 0.05) is 37.7 Å². The lowest BCUT2D eigenvalue weighted by Crippen LogP contribution is -2.35. The first-order valence-corrected chi connectivity index (χ1v) is 9.62. The van der Waals surface area contributed by atoms with Crippen LogP contribution in [0.25, 0.3) is 10.8 Å². The average molecular weight is 362 g/mol. The van der Waals surface area contributed by atoms with Crippen molar-refractivity contribution in [1.82, 2.24) is 9.88 Å². The van der Waals surface area contributed by atoms with Gasteiger partial charge in [-0.2, -0.15) is 0 Å². The lowest BCUT2D eigenvalue weighted by atomic mass is 10.0. The highest BCUT2D eigenvalue weighted by Gasteiger charge is 2.29. The van der Waals surface area contributed by atoms with E-state index in [0.717, 1.165) is 66.2 Å². The van der Waals surface area contributed by atoms with Gasteiger partial charge in [-0.25, -0.2) is 4.98 Å². The molecule has 0 unspecified atom stereocenters. The summed E-state index contributed by atoms with van der Waals surface area (Å²) in [4.78, 5) is 19.6. The van der Waals surface area contributed by atoms with Crippen LogP contribution in [-0.4, -0.2) is 35.5 Å². The Kier molecular flexibility index (Phi) is 4.17. The van der Waals surface area contributed by atoms with E-state index < -0.39 is 0 Å². The largest absolute Gasteiger partial charge is 0.445 e. The minimum absolute atomic E-state index is 0.0574. The molecule has 1 saturated heterocycles. The SMILES string of the molecule is O=C(c1ccc2ccccc2c1)N1CCc2oc(C3CCOCC3)nc2C1. The summed E-state index contributed by atoms with van der Waals surface area (Å²) >= 11 is 0. The maximum absolute atomic E-state index is 13.0. The molecule has 3 heterocycles. The number of carbonyl (C=O) groups is 1. The summed E-state index contributed by atoms with van der Waals surface area (Å²) in [5.74, 6) is 2.17. The number of ether oxygens (including phenoxy) is 1. The molecule has 0 bridgehead atoms. The molecule has 0 atom stereocenters. The number of benzene rings is 2. The highest BCUT2D eigenvalue weighted by Crippen LogP contribution is 2.30. The summed E-state index contributed by atoms with van der Waals surface area (Å²) in [5.41, 5.74) is 1.64. The van der Waals surface area contributed by atoms with Crippen LogP contribution in [-0.2, 0) is 17.7 Å². The summed E-state index contributed by atoms with van der Waals surface area (Å²) in [7, 11) is 0. The zero-order valence-electron chi connectivity index (χ0n) is 15.2. The lowest BCUT2D eigenvalue weighted by Gasteiger charge is -2.25. The number of carbonyl (C=O) groups excluding carboxylic acids is 1. The van der Waals surface area contributed by atoms with Crippen LogP contribution in [0, 0.1) is 0 Å². The van der Waals surface area contributed by atoms with Gasteiger partial charge in [0.2, 0.25) is 0 Å². The Morgan fingerprint density at radius 3 is 2.74 bits per heavy atom. The number of hydrogen-bond acceptors (Lipinski definition) is 4. The fourth-order valence-corrected chi connectivity index (χ4v) is 4.02. The third-order valence-electron chi connectivity index (χ3n) is 5.60. The summed E-state index contributed by atoms with van der Waals surface area (Å²) in [6, 6.07) is 14.0. The van der Waals surface area contributed by atoms with Gasteiger partial charge in [-0.05, 0) is 35.7 Å². The molecule has 0 N–H and O–H groups in total. The summed E-state index contributed by atoms with van der Waals surface area (Å²) in [5, 5.41) is 2.23. The van der Waals surface area contributed by atoms with Crippen LogP contribution < -0.4 is 0 Å². The van der Waals surface area contributed by atoms with E-state index in [1.165, 1.54) is 0 Å². The third-order valence-corrected chi connectivity index (χ3v) is 5.60. The number of nitrogens with zero attached hydrogens (tertiary/aromatic N) is 2. The van der Waals surface area contributed by atoms with E-state index in [2.05, 4.69) is 6.07 Å². The molecular formula is C22H22N2O3. The molecule has 0 aliphatic carbocycles. The van der Waals surface area contributed by atoms with E-state index in [4.69, 9.17) is 14.1 Å². The number of amides is 1. The van der Waals surface area contributed by atoms with Crippen molar-refractivity contribution in [3.8, 4) is 0 Å². The molecule has 138 valence electrons. The van der Waals surface area contributed by atoms with Gasteiger partial charge in [0.1, 0.15) is 11.5 Å². The van der Waals surface area contributed by atoms with E-state index in [1.54, 1.807) is 0 Å². The molecule has 27 heavy (non-hydrogen) atoms. The Hall–Kier alpha value is -2.66. The first-order chi connectivity index (χ1) is 13.3. The normalized spacial score (nSPS) is 17.9. The zero-order chi connectivity index (χ0) is 18.2. The highest BCUT2D eigenvalue weighted by atomic mass is 16.5. The van der Waals surface area contributed by atoms with Gasteiger partial charge < -0.3 is 14.1 Å². The van der Waals surface area contributed by atoms with Crippen LogP contribution in [0.3, 0.4) is 0 Å². The van der Waals surface area contributed by atoms with Gasteiger partial charge in [-0.15, -0.1) is 0 Å². The second kappa shape index (κ2) is 6.82. The smallest absolute Gasteiger partial charge is 0.254 e. The first kappa shape index (κ1) is 16.5. The van der Waals surface area contributed by atoms with Crippen LogP contribution >= 0.6 is 0 Å². The van der Waals surface area contributed by atoms with Gasteiger partial charge in [0.05, 0.1) is 6.54 Å². The van der Waals surface area contributed by atoms with Gasteiger partial charge >= 0.3 is 0 Å².